The maximum atomic E-state index is 13.1. The molecule has 9 heteroatoms. The Labute approximate surface area is 173 Å². The summed E-state index contributed by atoms with van der Waals surface area (Å²) in [5.74, 6) is 0.589. The minimum absolute atomic E-state index is 0.155. The first-order chi connectivity index (χ1) is 13.0. The average molecular weight is 465 g/mol. The molecule has 4 rings (SSSR count). The second kappa shape index (κ2) is 7.53. The molecular formula is C18H15BrClN5OS. The Bertz CT molecular complexity index is 997. The first-order valence-corrected chi connectivity index (χ1v) is 10.2. The Morgan fingerprint density at radius 2 is 2.04 bits per heavy atom. The first-order valence-electron chi connectivity index (χ1n) is 8.19. The van der Waals surface area contributed by atoms with Gasteiger partial charge in [-0.25, -0.2) is 4.68 Å². The summed E-state index contributed by atoms with van der Waals surface area (Å²) in [5.41, 5.74) is 4.95. The fourth-order valence-corrected chi connectivity index (χ4v) is 4.71. The molecule has 0 radical (unpaired) electrons. The van der Waals surface area contributed by atoms with Gasteiger partial charge in [0, 0.05) is 4.47 Å². The Morgan fingerprint density at radius 3 is 2.78 bits per heavy atom. The van der Waals surface area contributed by atoms with Crippen LogP contribution >= 0.6 is 39.3 Å². The average Bonchev–Trinajstić information content (AvgIpc) is 3.04. The van der Waals surface area contributed by atoms with Gasteiger partial charge < -0.3 is 10.7 Å². The van der Waals surface area contributed by atoms with E-state index in [4.69, 9.17) is 11.6 Å². The maximum Gasteiger partial charge on any atom is 0.240 e. The Balaban J connectivity index is 1.66. The van der Waals surface area contributed by atoms with Gasteiger partial charge in [-0.05, 0) is 30.7 Å². The van der Waals surface area contributed by atoms with Gasteiger partial charge in [-0.1, -0.05) is 69.6 Å². The molecular weight excluding hydrogens is 450 g/mol. The highest BCUT2D eigenvalue weighted by molar-refractivity contribution is 9.10. The third-order valence-electron chi connectivity index (χ3n) is 4.20. The SMILES string of the molecule is Cc1nnc2n1N[C@H](c1ccccc1)[C@H](C(=O)Nc1ccc(Br)cc1Cl)S2. The molecule has 2 aromatic carbocycles. The largest absolute Gasteiger partial charge is 0.324 e. The monoisotopic (exact) mass is 463 g/mol. The lowest BCUT2D eigenvalue weighted by Crippen LogP contribution is -2.41. The van der Waals surface area contributed by atoms with Crippen LogP contribution in [0.25, 0.3) is 0 Å². The number of amides is 1. The van der Waals surface area contributed by atoms with Crippen LogP contribution in [-0.4, -0.2) is 26.0 Å². The molecule has 2 heterocycles. The van der Waals surface area contributed by atoms with Crippen LogP contribution < -0.4 is 10.7 Å². The highest BCUT2D eigenvalue weighted by Gasteiger charge is 2.37. The van der Waals surface area contributed by atoms with Crippen molar-refractivity contribution in [3.05, 3.63) is 69.4 Å². The number of nitrogens with one attached hydrogen (secondary N) is 2. The van der Waals surface area contributed by atoms with E-state index in [2.05, 4.69) is 36.9 Å². The standard InChI is InChI=1S/C18H15BrClN5OS/c1-10-22-23-18-25(10)24-15(11-5-3-2-4-6-11)16(27-18)17(26)21-14-8-7-12(19)9-13(14)20/h2-9,15-16,24H,1H3,(H,21,26)/t15-,16-/m1/s1. The van der Waals surface area contributed by atoms with Crippen LogP contribution in [0.15, 0.2) is 58.2 Å². The van der Waals surface area contributed by atoms with Crippen molar-refractivity contribution < 1.29 is 4.79 Å². The number of rotatable bonds is 3. The number of hydrogen-bond donors (Lipinski definition) is 2. The number of fused-ring (bicyclic) bond motifs is 1. The summed E-state index contributed by atoms with van der Waals surface area (Å²) in [6.07, 6.45) is 0. The molecule has 3 aromatic rings. The molecule has 2 atom stereocenters. The van der Waals surface area contributed by atoms with Crippen molar-refractivity contribution in [3.8, 4) is 0 Å². The van der Waals surface area contributed by atoms with Crippen molar-refractivity contribution in [2.24, 2.45) is 0 Å². The third-order valence-corrected chi connectivity index (χ3v) is 6.23. The molecule has 0 spiro atoms. The van der Waals surface area contributed by atoms with Crippen LogP contribution in [0.4, 0.5) is 5.69 Å². The van der Waals surface area contributed by atoms with Crippen LogP contribution in [-0.2, 0) is 4.79 Å². The Morgan fingerprint density at radius 1 is 1.26 bits per heavy atom. The molecule has 1 amide bonds. The predicted octanol–water partition coefficient (Wildman–Crippen LogP) is 4.40. The van der Waals surface area contributed by atoms with Crippen LogP contribution in [0.5, 0.6) is 0 Å². The summed E-state index contributed by atoms with van der Waals surface area (Å²) < 4.78 is 2.67. The van der Waals surface area contributed by atoms with Gasteiger partial charge >= 0.3 is 0 Å². The van der Waals surface area contributed by atoms with E-state index in [0.717, 1.165) is 15.9 Å². The zero-order chi connectivity index (χ0) is 19.0. The number of aromatic nitrogens is 3. The van der Waals surface area contributed by atoms with Gasteiger partial charge in [0.15, 0.2) is 0 Å². The number of halogens is 2. The molecule has 1 aliphatic heterocycles. The van der Waals surface area contributed by atoms with Crippen molar-refractivity contribution in [3.63, 3.8) is 0 Å². The molecule has 0 saturated heterocycles. The number of aryl methyl sites for hydroxylation is 1. The number of hydrogen-bond acceptors (Lipinski definition) is 5. The van der Waals surface area contributed by atoms with Gasteiger partial charge in [-0.2, -0.15) is 0 Å². The predicted molar refractivity (Wildman–Crippen MR) is 111 cm³/mol. The van der Waals surface area contributed by atoms with Gasteiger partial charge in [-0.15, -0.1) is 10.2 Å². The molecule has 6 nitrogen and oxygen atoms in total. The fraction of sp³-hybridized carbons (Fsp3) is 0.167. The minimum Gasteiger partial charge on any atom is -0.324 e. The number of carbonyl (C=O) groups is 1. The van der Waals surface area contributed by atoms with Gasteiger partial charge in [0.05, 0.1) is 16.8 Å². The van der Waals surface area contributed by atoms with Crippen LogP contribution in [0.1, 0.15) is 17.4 Å². The lowest BCUT2D eigenvalue weighted by molar-refractivity contribution is -0.116. The van der Waals surface area contributed by atoms with E-state index < -0.39 is 5.25 Å². The van der Waals surface area contributed by atoms with Crippen molar-refractivity contribution in [2.45, 2.75) is 23.4 Å². The molecule has 0 fully saturated rings. The van der Waals surface area contributed by atoms with E-state index in [1.165, 1.54) is 11.8 Å². The lowest BCUT2D eigenvalue weighted by atomic mass is 10.0. The lowest BCUT2D eigenvalue weighted by Gasteiger charge is -2.32. The van der Waals surface area contributed by atoms with Crippen molar-refractivity contribution in [2.75, 3.05) is 10.7 Å². The van der Waals surface area contributed by atoms with E-state index in [-0.39, 0.29) is 11.9 Å². The summed E-state index contributed by atoms with van der Waals surface area (Å²) in [4.78, 5) is 13.1. The quantitative estimate of drug-likeness (QED) is 0.601. The first kappa shape index (κ1) is 18.3. The van der Waals surface area contributed by atoms with E-state index in [1.807, 2.05) is 48.0 Å². The highest BCUT2D eigenvalue weighted by atomic mass is 79.9. The van der Waals surface area contributed by atoms with Crippen LogP contribution in [0.2, 0.25) is 5.02 Å². The van der Waals surface area contributed by atoms with Crippen molar-refractivity contribution in [1.29, 1.82) is 0 Å². The van der Waals surface area contributed by atoms with Gasteiger partial charge in [0.1, 0.15) is 11.1 Å². The molecule has 0 aliphatic carbocycles. The van der Waals surface area contributed by atoms with Crippen molar-refractivity contribution in [1.82, 2.24) is 14.9 Å². The molecule has 138 valence electrons. The highest BCUT2D eigenvalue weighted by Crippen LogP contribution is 2.38. The molecule has 1 aromatic heterocycles. The summed E-state index contributed by atoms with van der Waals surface area (Å²) in [7, 11) is 0. The summed E-state index contributed by atoms with van der Waals surface area (Å²) in [6.45, 7) is 1.87. The number of carbonyl (C=O) groups excluding carboxylic acids is 1. The Kier molecular flexibility index (Phi) is 5.12. The van der Waals surface area contributed by atoms with Gasteiger partial charge in [-0.3, -0.25) is 4.79 Å². The zero-order valence-electron chi connectivity index (χ0n) is 14.2. The van der Waals surface area contributed by atoms with Gasteiger partial charge in [0.25, 0.3) is 0 Å². The molecule has 27 heavy (non-hydrogen) atoms. The minimum atomic E-state index is -0.441. The molecule has 0 saturated carbocycles. The van der Waals surface area contributed by atoms with Crippen LogP contribution in [0.3, 0.4) is 0 Å². The maximum absolute atomic E-state index is 13.1. The van der Waals surface area contributed by atoms with E-state index in [0.29, 0.717) is 15.9 Å². The number of benzene rings is 2. The fourth-order valence-electron chi connectivity index (χ4n) is 2.87. The molecule has 0 unspecified atom stereocenters. The second-order valence-corrected chi connectivity index (χ2v) is 8.47. The third kappa shape index (κ3) is 3.69. The summed E-state index contributed by atoms with van der Waals surface area (Å²) >= 11 is 11.0. The molecule has 2 N–H and O–H groups in total. The summed E-state index contributed by atoms with van der Waals surface area (Å²) in [6, 6.07) is 15.0. The topological polar surface area (TPSA) is 71.8 Å². The molecule has 0 bridgehead atoms. The summed E-state index contributed by atoms with van der Waals surface area (Å²) in [5, 5.41) is 11.9. The number of nitrogens with zero attached hydrogens (tertiary/aromatic N) is 3. The van der Waals surface area contributed by atoms with Gasteiger partial charge in [0.2, 0.25) is 11.1 Å². The second-order valence-electron chi connectivity index (χ2n) is 6.03. The normalized spacial score (nSPS) is 18.5. The van der Waals surface area contributed by atoms with E-state index in [9.17, 15) is 4.79 Å². The van der Waals surface area contributed by atoms with Crippen LogP contribution in [0, 0.1) is 6.92 Å². The Hall–Kier alpha value is -2.03. The number of thioether (sulfide) groups is 1. The van der Waals surface area contributed by atoms with Crippen molar-refractivity contribution >= 4 is 50.9 Å². The zero-order valence-corrected chi connectivity index (χ0v) is 17.3. The number of anilines is 1. The molecule has 1 aliphatic rings. The van der Waals surface area contributed by atoms with E-state index >= 15 is 0 Å². The van der Waals surface area contributed by atoms with E-state index in [1.54, 1.807) is 12.1 Å². The smallest absolute Gasteiger partial charge is 0.240 e.